The Morgan fingerprint density at radius 1 is 1.03 bits per heavy atom. The number of anilines is 1. The zero-order valence-corrected chi connectivity index (χ0v) is 18.9. The molecule has 0 unspecified atom stereocenters. The van der Waals surface area contributed by atoms with E-state index in [1.54, 1.807) is 0 Å². The lowest BCUT2D eigenvalue weighted by Crippen LogP contribution is -3.15. The number of nitrogens with one attached hydrogen (secondary N) is 1. The van der Waals surface area contributed by atoms with Gasteiger partial charge in [-0.2, -0.15) is 0 Å². The molecule has 0 spiro atoms. The van der Waals surface area contributed by atoms with Crippen LogP contribution in [0.3, 0.4) is 0 Å². The van der Waals surface area contributed by atoms with E-state index in [0.717, 1.165) is 37.0 Å². The molecular formula is C23H30ClN6+. The first kappa shape index (κ1) is 20.8. The zero-order valence-electron chi connectivity index (χ0n) is 18.1. The maximum Gasteiger partial charge on any atom is 0.214 e. The highest BCUT2D eigenvalue weighted by atomic mass is 35.5. The van der Waals surface area contributed by atoms with Crippen LogP contribution in [0.1, 0.15) is 43.8 Å². The van der Waals surface area contributed by atoms with Gasteiger partial charge in [-0.3, -0.25) is 0 Å². The summed E-state index contributed by atoms with van der Waals surface area (Å²) in [7, 11) is 0. The number of rotatable bonds is 4. The van der Waals surface area contributed by atoms with Gasteiger partial charge in [-0.15, -0.1) is 5.10 Å². The lowest BCUT2D eigenvalue weighted by molar-refractivity contribution is -0.927. The van der Waals surface area contributed by atoms with Crippen LogP contribution >= 0.6 is 11.6 Å². The normalized spacial score (nSPS) is 16.6. The SMILES string of the molecule is Cc1ccc(Cl)cc1N1CC[NH+]([C@@H](c2ccccc2)c2nnnn2C(C)(C)C)CC1. The van der Waals surface area contributed by atoms with Crippen molar-refractivity contribution < 1.29 is 4.90 Å². The highest BCUT2D eigenvalue weighted by Gasteiger charge is 2.36. The Morgan fingerprint density at radius 2 is 1.73 bits per heavy atom. The number of benzene rings is 2. The second-order valence-corrected chi connectivity index (χ2v) is 9.48. The smallest absolute Gasteiger partial charge is 0.214 e. The van der Waals surface area contributed by atoms with E-state index in [1.807, 2.05) is 10.7 Å². The fourth-order valence-electron chi connectivity index (χ4n) is 4.31. The predicted octanol–water partition coefficient (Wildman–Crippen LogP) is 2.88. The van der Waals surface area contributed by atoms with Gasteiger partial charge in [0.25, 0.3) is 0 Å². The predicted molar refractivity (Wildman–Crippen MR) is 120 cm³/mol. The van der Waals surface area contributed by atoms with Crippen molar-refractivity contribution >= 4 is 17.3 Å². The van der Waals surface area contributed by atoms with Crippen molar-refractivity contribution in [3.8, 4) is 0 Å². The van der Waals surface area contributed by atoms with Crippen molar-refractivity contribution in [2.24, 2.45) is 0 Å². The summed E-state index contributed by atoms with van der Waals surface area (Å²) in [5, 5.41) is 13.6. The van der Waals surface area contributed by atoms with Gasteiger partial charge >= 0.3 is 0 Å². The van der Waals surface area contributed by atoms with Gasteiger partial charge in [0.1, 0.15) is 0 Å². The third-order valence-corrected chi connectivity index (χ3v) is 6.08. The summed E-state index contributed by atoms with van der Waals surface area (Å²) < 4.78 is 1.98. The average Bonchev–Trinajstić information content (AvgIpc) is 3.21. The minimum Gasteiger partial charge on any atom is -0.360 e. The standard InChI is InChI=1S/C23H29ClN6/c1-17-10-11-19(24)16-20(17)28-12-14-29(15-13-28)21(18-8-6-5-7-9-18)22-25-26-27-30(22)23(2,3)4/h5-11,16,21H,12-15H2,1-4H3/p+1/t21-/m0/s1. The molecule has 30 heavy (non-hydrogen) atoms. The van der Waals surface area contributed by atoms with Gasteiger partial charge in [0.15, 0.2) is 6.04 Å². The number of aryl methyl sites for hydroxylation is 1. The van der Waals surface area contributed by atoms with Crippen LogP contribution in [-0.4, -0.2) is 46.4 Å². The minimum atomic E-state index is -0.176. The Bertz CT molecular complexity index is 986. The molecule has 7 heteroatoms. The number of tetrazole rings is 1. The van der Waals surface area contributed by atoms with Crippen LogP contribution in [-0.2, 0) is 5.54 Å². The molecule has 2 heterocycles. The van der Waals surface area contributed by atoms with E-state index in [-0.39, 0.29) is 11.6 Å². The largest absolute Gasteiger partial charge is 0.360 e. The van der Waals surface area contributed by atoms with E-state index in [1.165, 1.54) is 21.7 Å². The summed E-state index contributed by atoms with van der Waals surface area (Å²) in [5.41, 5.74) is 3.57. The molecule has 0 radical (unpaired) electrons. The number of aromatic nitrogens is 4. The maximum absolute atomic E-state index is 6.27. The maximum atomic E-state index is 6.27. The first-order chi connectivity index (χ1) is 14.3. The molecule has 1 aliphatic heterocycles. The van der Waals surface area contributed by atoms with Crippen LogP contribution in [0.25, 0.3) is 0 Å². The van der Waals surface area contributed by atoms with E-state index in [9.17, 15) is 0 Å². The molecule has 6 nitrogen and oxygen atoms in total. The highest BCUT2D eigenvalue weighted by Crippen LogP contribution is 2.26. The van der Waals surface area contributed by atoms with Crippen molar-refractivity contribution in [2.45, 2.75) is 39.3 Å². The van der Waals surface area contributed by atoms with Gasteiger partial charge in [0, 0.05) is 16.3 Å². The first-order valence-electron chi connectivity index (χ1n) is 10.5. The van der Waals surface area contributed by atoms with E-state index in [4.69, 9.17) is 11.6 Å². The zero-order chi connectivity index (χ0) is 21.3. The van der Waals surface area contributed by atoms with Crippen LogP contribution in [0.2, 0.25) is 5.02 Å². The van der Waals surface area contributed by atoms with Crippen molar-refractivity contribution in [1.82, 2.24) is 20.2 Å². The van der Waals surface area contributed by atoms with Crippen LogP contribution in [0.5, 0.6) is 0 Å². The molecule has 3 aromatic rings. The van der Waals surface area contributed by atoms with Gasteiger partial charge in [-0.05, 0) is 55.8 Å². The molecule has 1 N–H and O–H groups in total. The van der Waals surface area contributed by atoms with Crippen LogP contribution in [0.15, 0.2) is 48.5 Å². The van der Waals surface area contributed by atoms with E-state index in [2.05, 4.69) is 90.6 Å². The minimum absolute atomic E-state index is 0.100. The molecule has 4 rings (SSSR count). The second kappa shape index (κ2) is 8.36. The average molecular weight is 426 g/mol. The number of halogens is 1. The summed E-state index contributed by atoms with van der Waals surface area (Å²) in [6.45, 7) is 12.5. The van der Waals surface area contributed by atoms with E-state index >= 15 is 0 Å². The van der Waals surface area contributed by atoms with Gasteiger partial charge in [-0.25, -0.2) is 4.68 Å². The summed E-state index contributed by atoms with van der Waals surface area (Å²) in [4.78, 5) is 3.93. The lowest BCUT2D eigenvalue weighted by Gasteiger charge is -2.38. The monoisotopic (exact) mass is 425 g/mol. The van der Waals surface area contributed by atoms with Gasteiger partial charge < -0.3 is 9.80 Å². The van der Waals surface area contributed by atoms with Gasteiger partial charge in [0.2, 0.25) is 5.82 Å². The molecule has 0 saturated carbocycles. The van der Waals surface area contributed by atoms with E-state index in [0.29, 0.717) is 0 Å². The summed E-state index contributed by atoms with van der Waals surface area (Å²) in [6, 6.07) is 16.9. The van der Waals surface area contributed by atoms with Crippen LogP contribution in [0, 0.1) is 6.92 Å². The summed E-state index contributed by atoms with van der Waals surface area (Å²) >= 11 is 6.27. The third-order valence-electron chi connectivity index (χ3n) is 5.85. The quantitative estimate of drug-likeness (QED) is 0.698. The molecule has 0 aliphatic carbocycles. The Kier molecular flexibility index (Phi) is 5.80. The van der Waals surface area contributed by atoms with Crippen molar-refractivity contribution in [1.29, 1.82) is 0 Å². The van der Waals surface area contributed by atoms with E-state index < -0.39 is 0 Å². The van der Waals surface area contributed by atoms with Crippen LogP contribution in [0.4, 0.5) is 5.69 Å². The number of hydrogen-bond donors (Lipinski definition) is 1. The van der Waals surface area contributed by atoms with Crippen molar-refractivity contribution in [3.63, 3.8) is 0 Å². The Morgan fingerprint density at radius 3 is 2.40 bits per heavy atom. The molecular weight excluding hydrogens is 396 g/mol. The molecule has 158 valence electrons. The van der Waals surface area contributed by atoms with Crippen molar-refractivity contribution in [3.05, 3.63) is 70.5 Å². The molecule has 1 saturated heterocycles. The Hall–Kier alpha value is -2.44. The number of hydrogen-bond acceptors (Lipinski definition) is 4. The molecule has 0 amide bonds. The summed E-state index contributed by atoms with van der Waals surface area (Å²) in [5.74, 6) is 0.927. The molecule has 1 aromatic heterocycles. The Balaban J connectivity index is 1.63. The topological polar surface area (TPSA) is 51.3 Å². The second-order valence-electron chi connectivity index (χ2n) is 9.04. The molecule has 1 aliphatic rings. The lowest BCUT2D eigenvalue weighted by atomic mass is 10.0. The molecule has 0 bridgehead atoms. The van der Waals surface area contributed by atoms with Gasteiger partial charge in [0.05, 0.1) is 31.7 Å². The number of piperazine rings is 1. The summed E-state index contributed by atoms with van der Waals surface area (Å²) in [6.07, 6.45) is 0. The number of quaternary nitrogens is 1. The fourth-order valence-corrected chi connectivity index (χ4v) is 4.48. The highest BCUT2D eigenvalue weighted by molar-refractivity contribution is 6.30. The fraction of sp³-hybridized carbons (Fsp3) is 0.435. The molecule has 1 atom stereocenters. The Labute approximate surface area is 183 Å². The molecule has 2 aromatic carbocycles. The third kappa shape index (κ3) is 4.20. The number of nitrogens with zero attached hydrogens (tertiary/aromatic N) is 5. The van der Waals surface area contributed by atoms with Gasteiger partial charge in [-0.1, -0.05) is 48.0 Å². The first-order valence-corrected chi connectivity index (χ1v) is 10.9. The van der Waals surface area contributed by atoms with Crippen molar-refractivity contribution in [2.75, 3.05) is 31.1 Å². The van der Waals surface area contributed by atoms with Crippen LogP contribution < -0.4 is 9.80 Å². The molecule has 1 fully saturated rings.